The molecule has 1 atom stereocenters. The van der Waals surface area contributed by atoms with E-state index in [1.807, 2.05) is 30.3 Å². The number of nitrogens with one attached hydrogen (secondary N) is 3. The van der Waals surface area contributed by atoms with Crippen molar-refractivity contribution in [3.63, 3.8) is 0 Å². The zero-order valence-electron chi connectivity index (χ0n) is 19.9. The molecule has 2 aromatic rings. The molecule has 1 fully saturated rings. The van der Waals surface area contributed by atoms with Crippen molar-refractivity contribution in [1.29, 1.82) is 0 Å². The maximum atomic E-state index is 12.7. The summed E-state index contributed by atoms with van der Waals surface area (Å²) in [5.41, 5.74) is 6.42. The van der Waals surface area contributed by atoms with E-state index in [0.29, 0.717) is 31.0 Å². The van der Waals surface area contributed by atoms with E-state index in [1.165, 1.54) is 0 Å². The number of rotatable bonds is 10. The third-order valence-electron chi connectivity index (χ3n) is 5.71. The predicted octanol–water partition coefficient (Wildman–Crippen LogP) is 3.33. The van der Waals surface area contributed by atoms with E-state index in [4.69, 9.17) is 17.0 Å². The molecule has 0 aliphatic carbocycles. The van der Waals surface area contributed by atoms with Gasteiger partial charge in [-0.05, 0) is 36.3 Å². The molecule has 1 unspecified atom stereocenters. The second-order valence-electron chi connectivity index (χ2n) is 8.46. The first kappa shape index (κ1) is 26.2. The average molecular weight is 497 g/mol. The number of hydrazine groups is 1. The number of hydrogen-bond acceptors (Lipinski definition) is 5. The van der Waals surface area contributed by atoms with E-state index in [2.05, 4.69) is 23.1 Å². The fraction of sp³-hybridized carbons (Fsp3) is 0.385. The van der Waals surface area contributed by atoms with Gasteiger partial charge in [0.15, 0.2) is 5.11 Å². The normalized spacial score (nSPS) is 14.9. The van der Waals surface area contributed by atoms with Crippen molar-refractivity contribution in [2.45, 2.75) is 45.6 Å². The maximum absolute atomic E-state index is 12.7. The third kappa shape index (κ3) is 8.06. The lowest BCUT2D eigenvalue weighted by molar-refractivity contribution is -0.129. The third-order valence-corrected chi connectivity index (χ3v) is 5.92. The Morgan fingerprint density at radius 3 is 2.54 bits per heavy atom. The molecule has 8 nitrogen and oxygen atoms in total. The number of carbonyl (C=O) groups is 3. The number of thiocarbonyl (C=S) groups is 1. The fourth-order valence-electron chi connectivity index (χ4n) is 3.82. The lowest BCUT2D eigenvalue weighted by Gasteiger charge is -2.17. The predicted molar refractivity (Wildman–Crippen MR) is 137 cm³/mol. The monoisotopic (exact) mass is 496 g/mol. The van der Waals surface area contributed by atoms with Crippen molar-refractivity contribution in [2.24, 2.45) is 5.92 Å². The Labute approximate surface area is 211 Å². The Bertz CT molecular complexity index is 1030. The molecule has 1 aliphatic heterocycles. The summed E-state index contributed by atoms with van der Waals surface area (Å²) in [5.74, 6) is -0.890. The zero-order chi connectivity index (χ0) is 25.0. The Balaban J connectivity index is 1.44. The SMILES string of the molecule is CCCCCCOc1ccccc1C(=O)NC(=S)NNC(=O)C1CC(=O)N(Cc2ccccc2)C1. The molecule has 35 heavy (non-hydrogen) atoms. The number of ether oxygens (including phenoxy) is 1. The summed E-state index contributed by atoms with van der Waals surface area (Å²) in [5, 5.41) is 2.50. The smallest absolute Gasteiger partial charge is 0.261 e. The van der Waals surface area contributed by atoms with Gasteiger partial charge in [0.1, 0.15) is 5.75 Å². The summed E-state index contributed by atoms with van der Waals surface area (Å²) in [6.45, 7) is 3.47. The standard InChI is InChI=1S/C26H32N4O4S/c1-2-3-4-10-15-34-22-14-9-8-13-21(22)25(33)27-26(35)29-28-24(32)20-16-23(31)30(18-20)17-19-11-6-5-7-12-19/h5-9,11-14,20H,2-4,10,15-18H2,1H3,(H,28,32)(H2,27,29,33,35). The van der Waals surface area contributed by atoms with E-state index in [0.717, 1.165) is 31.2 Å². The van der Waals surface area contributed by atoms with E-state index in [-0.39, 0.29) is 23.3 Å². The van der Waals surface area contributed by atoms with Crippen LogP contribution in [0.2, 0.25) is 0 Å². The average Bonchev–Trinajstić information content (AvgIpc) is 3.23. The second-order valence-corrected chi connectivity index (χ2v) is 8.87. The minimum absolute atomic E-state index is 0.0495. The van der Waals surface area contributed by atoms with Crippen LogP contribution in [0.5, 0.6) is 5.75 Å². The highest BCUT2D eigenvalue weighted by Gasteiger charge is 2.34. The van der Waals surface area contributed by atoms with Crippen molar-refractivity contribution in [1.82, 2.24) is 21.1 Å². The van der Waals surface area contributed by atoms with Gasteiger partial charge in [0.2, 0.25) is 11.8 Å². The molecule has 186 valence electrons. The topological polar surface area (TPSA) is 99.8 Å². The molecule has 1 heterocycles. The minimum Gasteiger partial charge on any atom is -0.493 e. The van der Waals surface area contributed by atoms with Crippen LogP contribution in [0.1, 0.15) is 54.9 Å². The number of carbonyl (C=O) groups excluding carboxylic acids is 3. The van der Waals surface area contributed by atoms with E-state index < -0.39 is 11.8 Å². The van der Waals surface area contributed by atoms with Gasteiger partial charge in [-0.1, -0.05) is 68.7 Å². The molecule has 0 aromatic heterocycles. The molecule has 1 saturated heterocycles. The van der Waals surface area contributed by atoms with Crippen LogP contribution in [0.3, 0.4) is 0 Å². The fourth-order valence-corrected chi connectivity index (χ4v) is 3.96. The Kier molecular flexibility index (Phi) is 10.0. The summed E-state index contributed by atoms with van der Waals surface area (Å²) < 4.78 is 5.78. The molecular weight excluding hydrogens is 464 g/mol. The van der Waals surface area contributed by atoms with Crippen LogP contribution >= 0.6 is 12.2 Å². The summed E-state index contributed by atoms with van der Waals surface area (Å²) in [6, 6.07) is 16.6. The molecular formula is C26H32N4O4S. The van der Waals surface area contributed by atoms with Gasteiger partial charge < -0.3 is 9.64 Å². The lowest BCUT2D eigenvalue weighted by atomic mass is 10.1. The molecule has 0 saturated carbocycles. The number of likely N-dealkylation sites (tertiary alicyclic amines) is 1. The molecule has 9 heteroatoms. The highest BCUT2D eigenvalue weighted by molar-refractivity contribution is 7.80. The number of amides is 3. The summed E-state index contributed by atoms with van der Waals surface area (Å²) in [6.07, 6.45) is 4.42. The van der Waals surface area contributed by atoms with Crippen LogP contribution in [0.15, 0.2) is 54.6 Å². The molecule has 2 aromatic carbocycles. The van der Waals surface area contributed by atoms with Crippen LogP contribution in [0, 0.1) is 5.92 Å². The first-order chi connectivity index (χ1) is 17.0. The summed E-state index contributed by atoms with van der Waals surface area (Å²) in [7, 11) is 0. The number of hydrogen-bond donors (Lipinski definition) is 3. The van der Waals surface area contributed by atoms with Gasteiger partial charge in [0.05, 0.1) is 18.1 Å². The first-order valence-corrected chi connectivity index (χ1v) is 12.3. The van der Waals surface area contributed by atoms with Crippen LogP contribution < -0.4 is 20.9 Å². The molecule has 3 N–H and O–H groups in total. The van der Waals surface area contributed by atoms with Crippen molar-refractivity contribution in [3.8, 4) is 5.75 Å². The Hall–Kier alpha value is -3.46. The van der Waals surface area contributed by atoms with Crippen molar-refractivity contribution >= 4 is 35.1 Å². The zero-order valence-corrected chi connectivity index (χ0v) is 20.7. The van der Waals surface area contributed by atoms with Gasteiger partial charge in [0.25, 0.3) is 5.91 Å². The first-order valence-electron chi connectivity index (χ1n) is 11.9. The molecule has 3 amide bonds. The molecule has 0 bridgehead atoms. The van der Waals surface area contributed by atoms with E-state index >= 15 is 0 Å². The Morgan fingerprint density at radius 2 is 1.77 bits per heavy atom. The molecule has 3 rings (SSSR count). The van der Waals surface area contributed by atoms with Gasteiger partial charge in [-0.25, -0.2) is 0 Å². The minimum atomic E-state index is -0.501. The maximum Gasteiger partial charge on any atom is 0.261 e. The van der Waals surface area contributed by atoms with Gasteiger partial charge in [-0.3, -0.25) is 30.6 Å². The largest absolute Gasteiger partial charge is 0.493 e. The van der Waals surface area contributed by atoms with Crippen molar-refractivity contribution in [3.05, 3.63) is 65.7 Å². The highest BCUT2D eigenvalue weighted by atomic mass is 32.1. The lowest BCUT2D eigenvalue weighted by Crippen LogP contribution is -2.50. The Morgan fingerprint density at radius 1 is 1.03 bits per heavy atom. The summed E-state index contributed by atoms with van der Waals surface area (Å²) >= 11 is 5.16. The van der Waals surface area contributed by atoms with Gasteiger partial charge in [0, 0.05) is 19.5 Å². The van der Waals surface area contributed by atoms with Crippen LogP contribution in [-0.2, 0) is 16.1 Å². The highest BCUT2D eigenvalue weighted by Crippen LogP contribution is 2.20. The van der Waals surface area contributed by atoms with Crippen LogP contribution in [0.4, 0.5) is 0 Å². The van der Waals surface area contributed by atoms with E-state index in [1.54, 1.807) is 29.2 Å². The molecule has 0 radical (unpaired) electrons. The molecule has 1 aliphatic rings. The quantitative estimate of drug-likeness (QED) is 0.265. The summed E-state index contributed by atoms with van der Waals surface area (Å²) in [4.78, 5) is 39.2. The van der Waals surface area contributed by atoms with Crippen LogP contribution in [-0.4, -0.2) is 40.9 Å². The van der Waals surface area contributed by atoms with Gasteiger partial charge >= 0.3 is 0 Å². The number of nitrogens with zero attached hydrogens (tertiary/aromatic N) is 1. The number of unbranched alkanes of at least 4 members (excludes halogenated alkanes) is 3. The van der Waals surface area contributed by atoms with Crippen molar-refractivity contribution < 1.29 is 19.1 Å². The van der Waals surface area contributed by atoms with E-state index in [9.17, 15) is 14.4 Å². The van der Waals surface area contributed by atoms with Gasteiger partial charge in [-0.15, -0.1) is 0 Å². The molecule has 0 spiro atoms. The van der Waals surface area contributed by atoms with Crippen LogP contribution in [0.25, 0.3) is 0 Å². The number of benzene rings is 2. The second kappa shape index (κ2) is 13.4. The number of para-hydroxylation sites is 1. The van der Waals surface area contributed by atoms with Gasteiger partial charge in [-0.2, -0.15) is 0 Å². The van der Waals surface area contributed by atoms with Crippen molar-refractivity contribution in [2.75, 3.05) is 13.2 Å².